The van der Waals surface area contributed by atoms with Crippen LogP contribution in [0.15, 0.2) is 182 Å². The zero-order valence-electron chi connectivity index (χ0n) is 28.1. The smallest absolute Gasteiger partial charge is 0.346 e. The molecule has 8 rings (SSSR count). The number of rotatable bonds is 8. The minimum absolute atomic E-state index is 0.321. The normalized spacial score (nSPS) is 14.9. The molecule has 5 nitrogen and oxygen atoms in total. The summed E-state index contributed by atoms with van der Waals surface area (Å²) in [4.78, 5) is 13.6. The highest BCUT2D eigenvalue weighted by Crippen LogP contribution is 2.45. The lowest BCUT2D eigenvalue weighted by atomic mass is 9.82. The highest BCUT2D eigenvalue weighted by molar-refractivity contribution is 5.97. The Morgan fingerprint density at radius 3 is 1.85 bits per heavy atom. The molecule has 1 aliphatic rings. The Bertz CT molecular complexity index is 2460. The van der Waals surface area contributed by atoms with Crippen molar-refractivity contribution in [2.45, 2.75) is 5.60 Å². The standard InChI is InChI=1S/C47H32N2O3/c48-32-37(46(50)51)30-33-16-22-39(23-17-33)47(38-10-4-1-5-11-38)29-28-44-43-26-20-35(31-36(43)21-27-45(44)52-47)34-18-24-42(25-19-34)49(40-12-6-2-7-13-40)41-14-8-3-9-15-41/h1-31H,(H,50,51)/b37-30+. The van der Waals surface area contributed by atoms with Gasteiger partial charge >= 0.3 is 5.97 Å². The van der Waals surface area contributed by atoms with E-state index in [0.717, 1.165) is 61.4 Å². The van der Waals surface area contributed by atoms with Gasteiger partial charge in [0.05, 0.1) is 0 Å². The number of fused-ring (bicyclic) bond motifs is 3. The van der Waals surface area contributed by atoms with E-state index in [1.54, 1.807) is 6.07 Å². The van der Waals surface area contributed by atoms with Crippen LogP contribution in [0.4, 0.5) is 17.1 Å². The van der Waals surface area contributed by atoms with E-state index in [1.165, 1.54) is 6.08 Å². The second kappa shape index (κ2) is 13.6. The fraction of sp³-hybridized carbons (Fsp3) is 0.0213. The molecule has 1 heterocycles. The third kappa shape index (κ3) is 6.00. The zero-order valence-corrected chi connectivity index (χ0v) is 28.1. The predicted octanol–water partition coefficient (Wildman–Crippen LogP) is 11.3. The monoisotopic (exact) mass is 672 g/mol. The van der Waals surface area contributed by atoms with Crippen molar-refractivity contribution in [2.24, 2.45) is 0 Å². The summed E-state index contributed by atoms with van der Waals surface area (Å²) < 4.78 is 6.95. The first-order valence-electron chi connectivity index (χ1n) is 17.0. The summed E-state index contributed by atoms with van der Waals surface area (Å²) in [6.45, 7) is 0. The first-order valence-corrected chi connectivity index (χ1v) is 17.0. The van der Waals surface area contributed by atoms with Crippen LogP contribution in [0.25, 0.3) is 34.1 Å². The van der Waals surface area contributed by atoms with Crippen molar-refractivity contribution in [1.29, 1.82) is 5.26 Å². The molecule has 0 saturated heterocycles. The van der Waals surface area contributed by atoms with Crippen molar-refractivity contribution in [2.75, 3.05) is 4.90 Å². The van der Waals surface area contributed by atoms with Crippen LogP contribution in [-0.4, -0.2) is 11.1 Å². The number of nitrogens with zero attached hydrogens (tertiary/aromatic N) is 2. The summed E-state index contributed by atoms with van der Waals surface area (Å²) in [7, 11) is 0. The van der Waals surface area contributed by atoms with Crippen LogP contribution in [0.2, 0.25) is 0 Å². The van der Waals surface area contributed by atoms with E-state index in [2.05, 4.69) is 114 Å². The van der Waals surface area contributed by atoms with Gasteiger partial charge in [-0.3, -0.25) is 0 Å². The summed E-state index contributed by atoms with van der Waals surface area (Å²) >= 11 is 0. The summed E-state index contributed by atoms with van der Waals surface area (Å²) in [5.41, 5.74) is 7.76. The zero-order chi connectivity index (χ0) is 35.5. The minimum atomic E-state index is -1.26. The van der Waals surface area contributed by atoms with Gasteiger partial charge < -0.3 is 14.7 Å². The summed E-state index contributed by atoms with van der Waals surface area (Å²) in [5.74, 6) is -0.492. The average molecular weight is 673 g/mol. The Morgan fingerprint density at radius 1 is 0.654 bits per heavy atom. The number of aliphatic carboxylic acids is 1. The van der Waals surface area contributed by atoms with Gasteiger partial charge in [-0.15, -0.1) is 0 Å². The van der Waals surface area contributed by atoms with Crippen LogP contribution in [0, 0.1) is 11.3 Å². The third-order valence-electron chi connectivity index (χ3n) is 9.47. The fourth-order valence-electron chi connectivity index (χ4n) is 6.88. The number of anilines is 3. The lowest BCUT2D eigenvalue weighted by Gasteiger charge is -2.36. The van der Waals surface area contributed by atoms with Gasteiger partial charge in [-0.2, -0.15) is 5.26 Å². The predicted molar refractivity (Wildman–Crippen MR) is 209 cm³/mol. The molecule has 0 bridgehead atoms. The van der Waals surface area contributed by atoms with Crippen molar-refractivity contribution >= 4 is 46.0 Å². The molecule has 0 aromatic heterocycles. The van der Waals surface area contributed by atoms with Gasteiger partial charge in [0.1, 0.15) is 17.4 Å². The molecule has 0 spiro atoms. The molecule has 1 N–H and O–H groups in total. The molecular weight excluding hydrogens is 641 g/mol. The third-order valence-corrected chi connectivity index (χ3v) is 9.47. The maximum atomic E-state index is 11.4. The van der Waals surface area contributed by atoms with Crippen molar-refractivity contribution in [1.82, 2.24) is 0 Å². The Morgan fingerprint density at radius 2 is 1.23 bits per heavy atom. The number of para-hydroxylation sites is 2. The Labute approximate surface area is 302 Å². The maximum Gasteiger partial charge on any atom is 0.346 e. The number of hydrogen-bond acceptors (Lipinski definition) is 4. The second-order valence-electron chi connectivity index (χ2n) is 12.6. The Balaban J connectivity index is 1.12. The molecular formula is C47H32N2O3. The van der Waals surface area contributed by atoms with E-state index in [0.29, 0.717) is 5.56 Å². The van der Waals surface area contributed by atoms with E-state index < -0.39 is 11.6 Å². The Hall–Kier alpha value is -7.16. The van der Waals surface area contributed by atoms with Gasteiger partial charge in [0.25, 0.3) is 0 Å². The number of benzene rings is 7. The van der Waals surface area contributed by atoms with Gasteiger partial charge in [0, 0.05) is 33.8 Å². The van der Waals surface area contributed by atoms with Crippen LogP contribution in [0.5, 0.6) is 5.75 Å². The van der Waals surface area contributed by atoms with Crippen LogP contribution in [0.1, 0.15) is 22.3 Å². The molecule has 1 atom stereocenters. The summed E-state index contributed by atoms with van der Waals surface area (Å²) in [6.07, 6.45) is 5.59. The van der Waals surface area contributed by atoms with E-state index in [1.807, 2.05) is 72.8 Å². The lowest BCUT2D eigenvalue weighted by molar-refractivity contribution is -0.132. The van der Waals surface area contributed by atoms with Crippen molar-refractivity contribution in [3.63, 3.8) is 0 Å². The number of carboxylic acid groups (broad SMARTS) is 1. The molecule has 0 amide bonds. The number of ether oxygens (including phenoxy) is 1. The number of carbonyl (C=O) groups is 1. The SMILES string of the molecule is N#C/C(=C\c1ccc(C2(c3ccccc3)C=Cc3c(ccc4cc(-c5ccc(N(c6ccccc6)c6ccccc6)cc5)ccc34)O2)cc1)C(=O)O. The molecule has 0 saturated carbocycles. The van der Waals surface area contributed by atoms with Gasteiger partial charge in [-0.05, 0) is 94.2 Å². The molecule has 248 valence electrons. The Kier molecular flexibility index (Phi) is 8.40. The van der Waals surface area contributed by atoms with Crippen LogP contribution >= 0.6 is 0 Å². The molecule has 1 aliphatic heterocycles. The van der Waals surface area contributed by atoms with Gasteiger partial charge in [-0.25, -0.2) is 4.79 Å². The van der Waals surface area contributed by atoms with Crippen molar-refractivity contribution < 1.29 is 14.6 Å². The molecule has 1 unspecified atom stereocenters. The first-order chi connectivity index (χ1) is 25.5. The maximum absolute atomic E-state index is 11.4. The fourth-order valence-corrected chi connectivity index (χ4v) is 6.88. The second-order valence-corrected chi connectivity index (χ2v) is 12.6. The number of nitriles is 1. The van der Waals surface area contributed by atoms with E-state index in [9.17, 15) is 15.2 Å². The van der Waals surface area contributed by atoms with Crippen molar-refractivity contribution in [3.05, 3.63) is 204 Å². The summed E-state index contributed by atoms with van der Waals surface area (Å²) in [5, 5.41) is 20.7. The minimum Gasteiger partial charge on any atom is -0.477 e. The molecule has 0 fully saturated rings. The number of hydrogen-bond donors (Lipinski definition) is 1. The largest absolute Gasteiger partial charge is 0.477 e. The highest BCUT2D eigenvalue weighted by atomic mass is 16.5. The molecule has 52 heavy (non-hydrogen) atoms. The number of carboxylic acids is 1. The average Bonchev–Trinajstić information content (AvgIpc) is 3.21. The van der Waals surface area contributed by atoms with Gasteiger partial charge in [0.15, 0.2) is 5.60 Å². The van der Waals surface area contributed by atoms with Gasteiger partial charge in [-0.1, -0.05) is 121 Å². The van der Waals surface area contributed by atoms with E-state index >= 15 is 0 Å². The van der Waals surface area contributed by atoms with E-state index in [-0.39, 0.29) is 5.57 Å². The summed E-state index contributed by atoms with van der Waals surface area (Å²) in [6, 6.07) is 59.4. The van der Waals surface area contributed by atoms with Crippen LogP contribution in [-0.2, 0) is 10.4 Å². The lowest BCUT2D eigenvalue weighted by Crippen LogP contribution is -2.34. The molecule has 0 radical (unpaired) electrons. The molecule has 7 aromatic rings. The van der Waals surface area contributed by atoms with Crippen molar-refractivity contribution in [3.8, 4) is 22.9 Å². The molecule has 5 heteroatoms. The quantitative estimate of drug-likeness (QED) is 0.128. The molecule has 7 aromatic carbocycles. The van der Waals surface area contributed by atoms with Crippen LogP contribution in [0.3, 0.4) is 0 Å². The van der Waals surface area contributed by atoms with Gasteiger partial charge in [0.2, 0.25) is 0 Å². The highest BCUT2D eigenvalue weighted by Gasteiger charge is 2.37. The molecule has 0 aliphatic carbocycles. The van der Waals surface area contributed by atoms with Crippen LogP contribution < -0.4 is 9.64 Å². The topological polar surface area (TPSA) is 73.6 Å². The first kappa shape index (κ1) is 32.1. The van der Waals surface area contributed by atoms with E-state index in [4.69, 9.17) is 4.74 Å².